The van der Waals surface area contributed by atoms with Crippen LogP contribution in [0, 0.1) is 5.82 Å². The Morgan fingerprint density at radius 2 is 1.76 bits per heavy atom. The van der Waals surface area contributed by atoms with Crippen LogP contribution in [0.1, 0.15) is 18.5 Å². The van der Waals surface area contributed by atoms with Crippen LogP contribution in [0.4, 0.5) is 27.8 Å². The monoisotopic (exact) mass is 463 g/mol. The second kappa shape index (κ2) is 9.86. The molecule has 10 heteroatoms. The Labute approximate surface area is 199 Å². The van der Waals surface area contributed by atoms with E-state index in [0.29, 0.717) is 23.6 Å². The molecule has 2 saturated heterocycles. The van der Waals surface area contributed by atoms with E-state index in [-0.39, 0.29) is 11.9 Å². The highest BCUT2D eigenvalue weighted by Crippen LogP contribution is 2.28. The zero-order valence-corrected chi connectivity index (χ0v) is 19.5. The summed E-state index contributed by atoms with van der Waals surface area (Å²) in [6.07, 6.45) is 4.92. The Kier molecular flexibility index (Phi) is 6.50. The van der Waals surface area contributed by atoms with Crippen molar-refractivity contribution < 1.29 is 4.39 Å². The molecule has 34 heavy (non-hydrogen) atoms. The number of hydrogen-bond acceptors (Lipinski definition) is 9. The van der Waals surface area contributed by atoms with Crippen LogP contribution in [0.25, 0.3) is 0 Å². The van der Waals surface area contributed by atoms with Crippen LogP contribution in [-0.2, 0) is 0 Å². The Hall–Kier alpha value is -3.37. The van der Waals surface area contributed by atoms with Gasteiger partial charge in [0.05, 0.1) is 12.2 Å². The summed E-state index contributed by atoms with van der Waals surface area (Å²) in [5.74, 6) is 2.37. The molecule has 0 saturated carbocycles. The molecule has 0 radical (unpaired) electrons. The Morgan fingerprint density at radius 1 is 1.00 bits per heavy atom. The largest absolute Gasteiger partial charge is 0.353 e. The molecule has 2 fully saturated rings. The number of nitrogens with zero attached hydrogens (tertiary/aromatic N) is 7. The molecule has 5 rings (SSSR count). The molecule has 0 bridgehead atoms. The zero-order chi connectivity index (χ0) is 23.5. The lowest BCUT2D eigenvalue weighted by molar-refractivity contribution is 0.0961. The van der Waals surface area contributed by atoms with Crippen molar-refractivity contribution in [2.24, 2.45) is 0 Å². The predicted octanol–water partition coefficient (Wildman–Crippen LogP) is 2.76. The van der Waals surface area contributed by atoms with E-state index in [4.69, 9.17) is 4.98 Å². The highest BCUT2D eigenvalue weighted by molar-refractivity contribution is 5.60. The first-order chi connectivity index (χ1) is 16.5. The standard InChI is InChI=1S/C24H30FN9/c1-17(18-3-5-19(25)6-4-18)28-24-30-21(29-22-14-26-7-8-27-22)13-23(31-24)34-15-20(16-34)33-11-9-32(2)10-12-33/h3-8,13-14,17,20H,9-12,15-16H2,1-2H3,(H2,27,28,29,30,31). The van der Waals surface area contributed by atoms with Gasteiger partial charge in [0.2, 0.25) is 5.95 Å². The molecular weight excluding hydrogens is 433 g/mol. The quantitative estimate of drug-likeness (QED) is 0.549. The van der Waals surface area contributed by atoms with Gasteiger partial charge in [0.25, 0.3) is 0 Å². The maximum atomic E-state index is 13.3. The molecule has 9 nitrogen and oxygen atoms in total. The molecule has 0 amide bonds. The van der Waals surface area contributed by atoms with Gasteiger partial charge in [-0.25, -0.2) is 9.37 Å². The summed E-state index contributed by atoms with van der Waals surface area (Å²) < 4.78 is 13.3. The average Bonchev–Trinajstić information content (AvgIpc) is 2.80. The second-order valence-electron chi connectivity index (χ2n) is 8.97. The molecule has 2 N–H and O–H groups in total. The molecule has 0 aliphatic carbocycles. The number of anilines is 4. The van der Waals surface area contributed by atoms with E-state index in [9.17, 15) is 4.39 Å². The number of rotatable bonds is 7. The average molecular weight is 464 g/mol. The SMILES string of the molecule is CC(Nc1nc(Nc2cnccn2)cc(N2CC(N3CCN(C)CC3)C2)n1)c1ccc(F)cc1. The van der Waals surface area contributed by atoms with Gasteiger partial charge in [-0.15, -0.1) is 0 Å². The van der Waals surface area contributed by atoms with Crippen molar-refractivity contribution in [2.45, 2.75) is 19.0 Å². The van der Waals surface area contributed by atoms with E-state index in [2.05, 4.69) is 47.3 Å². The summed E-state index contributed by atoms with van der Waals surface area (Å²) >= 11 is 0. The minimum atomic E-state index is -0.252. The maximum Gasteiger partial charge on any atom is 0.227 e. The van der Waals surface area contributed by atoms with Crippen LogP contribution in [0.3, 0.4) is 0 Å². The van der Waals surface area contributed by atoms with Crippen molar-refractivity contribution in [3.8, 4) is 0 Å². The molecule has 178 valence electrons. The molecule has 2 aliphatic heterocycles. The molecule has 0 spiro atoms. The molecule has 1 atom stereocenters. The summed E-state index contributed by atoms with van der Waals surface area (Å²) in [6.45, 7) is 8.35. The number of likely N-dealkylation sites (N-methyl/N-ethyl adjacent to an activating group) is 1. The fraction of sp³-hybridized carbons (Fsp3) is 0.417. The first-order valence-corrected chi connectivity index (χ1v) is 11.6. The normalized spacial score (nSPS) is 18.4. The lowest BCUT2D eigenvalue weighted by Crippen LogP contribution is -2.63. The fourth-order valence-electron chi connectivity index (χ4n) is 4.31. The molecule has 3 aromatic rings. The summed E-state index contributed by atoms with van der Waals surface area (Å²) in [4.78, 5) is 25.1. The van der Waals surface area contributed by atoms with Gasteiger partial charge in [-0.1, -0.05) is 12.1 Å². The Morgan fingerprint density at radius 3 is 2.47 bits per heavy atom. The molecular formula is C24H30FN9. The fourth-order valence-corrected chi connectivity index (χ4v) is 4.31. The summed E-state index contributed by atoms with van der Waals surface area (Å²) in [5.41, 5.74) is 0.956. The Bertz CT molecular complexity index is 1080. The number of nitrogens with one attached hydrogen (secondary N) is 2. The van der Waals surface area contributed by atoms with Crippen LogP contribution in [-0.4, -0.2) is 82.1 Å². The molecule has 2 aromatic heterocycles. The van der Waals surface area contributed by atoms with Gasteiger partial charge in [0, 0.05) is 63.8 Å². The van der Waals surface area contributed by atoms with Gasteiger partial charge in [-0.2, -0.15) is 9.97 Å². The van der Waals surface area contributed by atoms with Crippen molar-refractivity contribution in [1.29, 1.82) is 0 Å². The third-order valence-electron chi connectivity index (χ3n) is 6.49. The predicted molar refractivity (Wildman–Crippen MR) is 131 cm³/mol. The van der Waals surface area contributed by atoms with Gasteiger partial charge in [0.1, 0.15) is 23.3 Å². The van der Waals surface area contributed by atoms with E-state index in [1.54, 1.807) is 30.7 Å². The van der Waals surface area contributed by atoms with Crippen molar-refractivity contribution in [3.05, 3.63) is 60.3 Å². The molecule has 1 aromatic carbocycles. The van der Waals surface area contributed by atoms with Crippen LogP contribution in [0.2, 0.25) is 0 Å². The zero-order valence-electron chi connectivity index (χ0n) is 19.5. The number of aromatic nitrogens is 4. The summed E-state index contributed by atoms with van der Waals surface area (Å²) in [6, 6.07) is 8.87. The topological polar surface area (TPSA) is 85.3 Å². The van der Waals surface area contributed by atoms with E-state index in [1.165, 1.54) is 12.1 Å². The number of halogens is 1. The van der Waals surface area contributed by atoms with Crippen molar-refractivity contribution >= 4 is 23.4 Å². The van der Waals surface area contributed by atoms with Crippen LogP contribution in [0.5, 0.6) is 0 Å². The third-order valence-corrected chi connectivity index (χ3v) is 6.49. The number of hydrogen-bond donors (Lipinski definition) is 2. The minimum absolute atomic E-state index is 0.0882. The van der Waals surface area contributed by atoms with E-state index >= 15 is 0 Å². The first kappa shape index (κ1) is 22.4. The second-order valence-corrected chi connectivity index (χ2v) is 8.97. The number of piperazine rings is 1. The third kappa shape index (κ3) is 5.23. The van der Waals surface area contributed by atoms with E-state index in [0.717, 1.165) is 50.6 Å². The summed E-state index contributed by atoms with van der Waals surface area (Å²) in [5, 5.41) is 6.59. The highest BCUT2D eigenvalue weighted by atomic mass is 19.1. The Balaban J connectivity index is 1.33. The maximum absolute atomic E-state index is 13.3. The van der Waals surface area contributed by atoms with Gasteiger partial charge in [-0.3, -0.25) is 9.88 Å². The van der Waals surface area contributed by atoms with E-state index < -0.39 is 0 Å². The van der Waals surface area contributed by atoms with Crippen molar-refractivity contribution in [3.63, 3.8) is 0 Å². The number of benzene rings is 1. The van der Waals surface area contributed by atoms with E-state index in [1.807, 2.05) is 13.0 Å². The van der Waals surface area contributed by atoms with Crippen LogP contribution in [0.15, 0.2) is 48.9 Å². The smallest absolute Gasteiger partial charge is 0.227 e. The summed E-state index contributed by atoms with van der Waals surface area (Å²) in [7, 11) is 2.18. The molecule has 2 aliphatic rings. The lowest BCUT2D eigenvalue weighted by atomic mass is 10.1. The molecule has 1 unspecified atom stereocenters. The van der Waals surface area contributed by atoms with Crippen molar-refractivity contribution in [1.82, 2.24) is 29.7 Å². The van der Waals surface area contributed by atoms with Crippen LogP contribution >= 0.6 is 0 Å². The molecule has 4 heterocycles. The van der Waals surface area contributed by atoms with Gasteiger partial charge in [-0.05, 0) is 31.7 Å². The van der Waals surface area contributed by atoms with Gasteiger partial charge in [0.15, 0.2) is 0 Å². The van der Waals surface area contributed by atoms with Gasteiger partial charge >= 0.3 is 0 Å². The minimum Gasteiger partial charge on any atom is -0.353 e. The van der Waals surface area contributed by atoms with Gasteiger partial charge < -0.3 is 20.4 Å². The van der Waals surface area contributed by atoms with Crippen molar-refractivity contribution in [2.75, 3.05) is 61.8 Å². The lowest BCUT2D eigenvalue weighted by Gasteiger charge is -2.48. The highest BCUT2D eigenvalue weighted by Gasteiger charge is 2.34. The van der Waals surface area contributed by atoms with Crippen LogP contribution < -0.4 is 15.5 Å². The first-order valence-electron chi connectivity index (χ1n) is 11.6.